The van der Waals surface area contributed by atoms with Gasteiger partial charge in [-0.1, -0.05) is 0 Å². The Labute approximate surface area is 91.8 Å². The van der Waals surface area contributed by atoms with Gasteiger partial charge in [0.2, 0.25) is 0 Å². The van der Waals surface area contributed by atoms with E-state index in [2.05, 4.69) is 41.6 Å². The average molecular weight is 210 g/mol. The molecule has 86 valence electrons. The molecular weight excluding hydrogens is 188 g/mol. The fourth-order valence-corrected chi connectivity index (χ4v) is 1.44. The van der Waals surface area contributed by atoms with Crippen molar-refractivity contribution in [3.8, 4) is 0 Å². The van der Waals surface area contributed by atoms with Crippen LogP contribution in [0.4, 0.5) is 5.69 Å². The number of nitrogens with one attached hydrogen (secondary N) is 3. The molecule has 0 aliphatic rings. The van der Waals surface area contributed by atoms with E-state index in [-0.39, 0.29) is 5.54 Å². The average Bonchev–Trinajstić information content (AvgIpc) is 2.40. The fraction of sp³-hybridized carbons (Fsp3) is 0.727. The summed E-state index contributed by atoms with van der Waals surface area (Å²) in [5.74, 6) is 0. The molecule has 0 radical (unpaired) electrons. The van der Waals surface area contributed by atoms with E-state index in [9.17, 15) is 0 Å². The molecule has 0 aliphatic heterocycles. The van der Waals surface area contributed by atoms with Crippen molar-refractivity contribution in [3.05, 3.63) is 11.4 Å². The van der Waals surface area contributed by atoms with Gasteiger partial charge in [0.1, 0.15) is 0 Å². The highest BCUT2D eigenvalue weighted by Gasteiger charge is 2.08. The summed E-state index contributed by atoms with van der Waals surface area (Å²) in [6.45, 7) is 12.4. The van der Waals surface area contributed by atoms with Gasteiger partial charge >= 0.3 is 0 Å². The normalized spacial score (nSPS) is 11.8. The predicted molar refractivity (Wildman–Crippen MR) is 64.3 cm³/mol. The van der Waals surface area contributed by atoms with E-state index in [0.29, 0.717) is 0 Å². The summed E-state index contributed by atoms with van der Waals surface area (Å²) in [5.41, 5.74) is 3.44. The number of nitrogens with zero attached hydrogens (tertiary/aromatic N) is 1. The van der Waals surface area contributed by atoms with Crippen LogP contribution in [0.3, 0.4) is 0 Å². The molecule has 0 spiro atoms. The molecule has 1 aromatic heterocycles. The van der Waals surface area contributed by atoms with Crippen molar-refractivity contribution in [2.24, 2.45) is 0 Å². The number of hydrogen-bond donors (Lipinski definition) is 3. The Kier molecular flexibility index (Phi) is 3.74. The highest BCUT2D eigenvalue weighted by molar-refractivity contribution is 5.51. The van der Waals surface area contributed by atoms with Crippen LogP contribution < -0.4 is 10.6 Å². The second kappa shape index (κ2) is 4.66. The summed E-state index contributed by atoms with van der Waals surface area (Å²) in [6, 6.07) is 0. The van der Waals surface area contributed by atoms with E-state index < -0.39 is 0 Å². The third-order valence-electron chi connectivity index (χ3n) is 2.21. The molecule has 0 unspecified atom stereocenters. The number of aromatic amines is 1. The van der Waals surface area contributed by atoms with E-state index in [4.69, 9.17) is 0 Å². The Hall–Kier alpha value is -1.03. The van der Waals surface area contributed by atoms with Gasteiger partial charge in [0.05, 0.1) is 17.1 Å². The van der Waals surface area contributed by atoms with Gasteiger partial charge in [0.15, 0.2) is 0 Å². The van der Waals surface area contributed by atoms with Gasteiger partial charge in [-0.2, -0.15) is 5.10 Å². The molecule has 0 aromatic carbocycles. The van der Waals surface area contributed by atoms with Crippen molar-refractivity contribution < 1.29 is 0 Å². The van der Waals surface area contributed by atoms with Crippen molar-refractivity contribution in [3.63, 3.8) is 0 Å². The van der Waals surface area contributed by atoms with E-state index in [1.165, 1.54) is 0 Å². The third-order valence-corrected chi connectivity index (χ3v) is 2.21. The summed E-state index contributed by atoms with van der Waals surface area (Å²) in [6.07, 6.45) is 0. The molecule has 0 amide bonds. The minimum absolute atomic E-state index is 0.183. The molecule has 0 saturated carbocycles. The molecule has 4 heteroatoms. The smallest absolute Gasteiger partial charge is 0.0825 e. The van der Waals surface area contributed by atoms with Crippen LogP contribution in [0.5, 0.6) is 0 Å². The molecule has 0 aliphatic carbocycles. The lowest BCUT2D eigenvalue weighted by atomic mass is 10.1. The molecule has 0 saturated heterocycles. The zero-order chi connectivity index (χ0) is 11.5. The van der Waals surface area contributed by atoms with E-state index in [0.717, 1.165) is 30.2 Å². The minimum atomic E-state index is 0.183. The van der Waals surface area contributed by atoms with Crippen LogP contribution in [0.1, 0.15) is 32.2 Å². The van der Waals surface area contributed by atoms with Crippen molar-refractivity contribution in [1.82, 2.24) is 15.5 Å². The van der Waals surface area contributed by atoms with Crippen LogP contribution in [-0.4, -0.2) is 28.8 Å². The Morgan fingerprint density at radius 1 is 1.20 bits per heavy atom. The molecular formula is C11H22N4. The zero-order valence-corrected chi connectivity index (χ0v) is 10.4. The molecule has 15 heavy (non-hydrogen) atoms. The predicted octanol–water partition coefficient (Wildman–Crippen LogP) is 1.83. The van der Waals surface area contributed by atoms with Gasteiger partial charge in [0.25, 0.3) is 0 Å². The Morgan fingerprint density at radius 3 is 2.33 bits per heavy atom. The molecule has 1 aromatic rings. The molecule has 3 N–H and O–H groups in total. The SMILES string of the molecule is Cc1n[nH]c(C)c1NCCNC(C)(C)C. The van der Waals surface area contributed by atoms with Gasteiger partial charge in [0, 0.05) is 18.6 Å². The molecule has 4 nitrogen and oxygen atoms in total. The maximum atomic E-state index is 4.14. The quantitative estimate of drug-likeness (QED) is 0.665. The summed E-state index contributed by atoms with van der Waals surface area (Å²) in [7, 11) is 0. The Bertz CT molecular complexity index is 289. The second-order valence-corrected chi connectivity index (χ2v) is 4.91. The Morgan fingerprint density at radius 2 is 1.87 bits per heavy atom. The van der Waals surface area contributed by atoms with Crippen LogP contribution in [-0.2, 0) is 0 Å². The summed E-state index contributed by atoms with van der Waals surface area (Å²) >= 11 is 0. The second-order valence-electron chi connectivity index (χ2n) is 4.91. The summed E-state index contributed by atoms with van der Waals surface area (Å²) in [4.78, 5) is 0. The maximum absolute atomic E-state index is 4.14. The lowest BCUT2D eigenvalue weighted by molar-refractivity contribution is 0.435. The van der Waals surface area contributed by atoms with Crippen molar-refractivity contribution in [2.75, 3.05) is 18.4 Å². The number of aryl methyl sites for hydroxylation is 2. The first-order chi connectivity index (χ1) is 6.90. The third kappa shape index (κ3) is 3.91. The number of anilines is 1. The van der Waals surface area contributed by atoms with Crippen molar-refractivity contribution >= 4 is 5.69 Å². The number of aromatic nitrogens is 2. The molecule has 1 rings (SSSR count). The van der Waals surface area contributed by atoms with E-state index in [1.807, 2.05) is 13.8 Å². The first-order valence-electron chi connectivity index (χ1n) is 5.40. The first-order valence-corrected chi connectivity index (χ1v) is 5.40. The van der Waals surface area contributed by atoms with Gasteiger partial charge in [-0.15, -0.1) is 0 Å². The fourth-order valence-electron chi connectivity index (χ4n) is 1.44. The monoisotopic (exact) mass is 210 g/mol. The molecule has 0 bridgehead atoms. The van der Waals surface area contributed by atoms with Crippen LogP contribution in [0.25, 0.3) is 0 Å². The summed E-state index contributed by atoms with van der Waals surface area (Å²) in [5, 5.41) is 13.9. The van der Waals surface area contributed by atoms with Crippen LogP contribution >= 0.6 is 0 Å². The highest BCUT2D eigenvalue weighted by Crippen LogP contribution is 2.15. The van der Waals surface area contributed by atoms with Gasteiger partial charge in [-0.05, 0) is 34.6 Å². The minimum Gasteiger partial charge on any atom is -0.381 e. The molecule has 0 atom stereocenters. The highest BCUT2D eigenvalue weighted by atomic mass is 15.2. The van der Waals surface area contributed by atoms with Crippen LogP contribution in [0.15, 0.2) is 0 Å². The van der Waals surface area contributed by atoms with Crippen LogP contribution in [0, 0.1) is 13.8 Å². The Balaban J connectivity index is 2.32. The lowest BCUT2D eigenvalue weighted by Gasteiger charge is -2.20. The van der Waals surface area contributed by atoms with Crippen LogP contribution in [0.2, 0.25) is 0 Å². The standard InChI is InChI=1S/C11H22N4/c1-8-10(9(2)15-14-8)12-6-7-13-11(3,4)5/h12-13H,6-7H2,1-5H3,(H,14,15). The van der Waals surface area contributed by atoms with Crippen molar-refractivity contribution in [2.45, 2.75) is 40.2 Å². The maximum Gasteiger partial charge on any atom is 0.0825 e. The van der Waals surface area contributed by atoms with Gasteiger partial charge in [-0.3, -0.25) is 5.10 Å². The topological polar surface area (TPSA) is 52.7 Å². The largest absolute Gasteiger partial charge is 0.381 e. The van der Waals surface area contributed by atoms with Gasteiger partial charge in [-0.25, -0.2) is 0 Å². The van der Waals surface area contributed by atoms with Gasteiger partial charge < -0.3 is 10.6 Å². The number of rotatable bonds is 4. The first kappa shape index (κ1) is 12.0. The molecule has 1 heterocycles. The molecule has 0 fully saturated rings. The zero-order valence-electron chi connectivity index (χ0n) is 10.4. The van der Waals surface area contributed by atoms with E-state index >= 15 is 0 Å². The van der Waals surface area contributed by atoms with E-state index in [1.54, 1.807) is 0 Å². The lowest BCUT2D eigenvalue weighted by Crippen LogP contribution is -2.38. The number of hydrogen-bond acceptors (Lipinski definition) is 3. The number of H-pyrrole nitrogens is 1. The summed E-state index contributed by atoms with van der Waals surface area (Å²) < 4.78 is 0. The van der Waals surface area contributed by atoms with Crippen molar-refractivity contribution in [1.29, 1.82) is 0 Å².